The topological polar surface area (TPSA) is 102 Å². The van der Waals surface area contributed by atoms with Crippen LogP contribution in [0.1, 0.15) is 54.8 Å². The predicted molar refractivity (Wildman–Crippen MR) is 141 cm³/mol. The minimum atomic E-state index is -1.86. The Bertz CT molecular complexity index is 1160. The number of likely N-dealkylation sites (tertiary alicyclic amines) is 1. The number of thioether (sulfide) groups is 1. The summed E-state index contributed by atoms with van der Waals surface area (Å²) < 4.78 is 0. The number of hydrogen-bond donors (Lipinski definition) is 3. The Balaban J connectivity index is 1.15. The molecule has 2 fully saturated rings. The number of fused-ring (bicyclic) bond motifs is 1. The number of carbonyl (C=O) groups excluding carboxylic acids is 2. The van der Waals surface area contributed by atoms with Crippen molar-refractivity contribution in [3.8, 4) is 0 Å². The molecule has 2 heterocycles. The number of benzene rings is 2. The number of halogens is 1. The monoisotopic (exact) mass is 527 g/mol. The van der Waals surface area contributed by atoms with Crippen molar-refractivity contribution in [2.45, 2.75) is 68.2 Å². The number of amides is 2. The van der Waals surface area contributed by atoms with Crippen LogP contribution in [0, 0.1) is 0 Å². The number of hydrogen-bond acceptors (Lipinski definition) is 6. The lowest BCUT2D eigenvalue weighted by atomic mass is 10.0. The van der Waals surface area contributed by atoms with Gasteiger partial charge in [-0.3, -0.25) is 14.6 Å². The molecule has 9 heteroatoms. The molecule has 1 saturated heterocycles. The maximum atomic E-state index is 13.0. The zero-order valence-corrected chi connectivity index (χ0v) is 21.4. The molecule has 7 nitrogen and oxygen atoms in total. The molecule has 3 aliphatic rings. The normalized spacial score (nSPS) is 24.8. The van der Waals surface area contributed by atoms with Gasteiger partial charge in [0.25, 0.3) is 11.8 Å². The lowest BCUT2D eigenvalue weighted by molar-refractivity contribution is -0.153. The summed E-state index contributed by atoms with van der Waals surface area (Å²) in [4.78, 5) is 31.9. The van der Waals surface area contributed by atoms with Crippen LogP contribution in [-0.4, -0.2) is 62.0 Å². The van der Waals surface area contributed by atoms with Gasteiger partial charge in [-0.25, -0.2) is 0 Å². The molecular weight excluding hydrogens is 498 g/mol. The minimum absolute atomic E-state index is 0.177. The second kappa shape index (κ2) is 10.9. The van der Waals surface area contributed by atoms with Crippen LogP contribution in [0.4, 0.5) is 0 Å². The summed E-state index contributed by atoms with van der Waals surface area (Å²) in [6.07, 6.45) is 1.43. The molecule has 36 heavy (non-hydrogen) atoms. The summed E-state index contributed by atoms with van der Waals surface area (Å²) in [5.41, 5.74) is 2.79. The van der Waals surface area contributed by atoms with E-state index < -0.39 is 24.0 Å². The van der Waals surface area contributed by atoms with Crippen LogP contribution in [0.15, 0.2) is 53.5 Å². The average Bonchev–Trinajstić information content (AvgIpc) is 3.63. The van der Waals surface area contributed by atoms with E-state index >= 15 is 0 Å². The Morgan fingerprint density at radius 2 is 1.89 bits per heavy atom. The van der Waals surface area contributed by atoms with Crippen molar-refractivity contribution >= 4 is 40.2 Å². The molecule has 3 unspecified atom stereocenters. The third kappa shape index (κ3) is 5.32. The van der Waals surface area contributed by atoms with Crippen LogP contribution in [0.2, 0.25) is 5.02 Å². The molecule has 2 amide bonds. The van der Waals surface area contributed by atoms with Gasteiger partial charge >= 0.3 is 0 Å². The summed E-state index contributed by atoms with van der Waals surface area (Å²) >= 11 is 7.95. The fourth-order valence-electron chi connectivity index (χ4n) is 5.26. The molecule has 2 aromatic rings. The van der Waals surface area contributed by atoms with Gasteiger partial charge in [-0.15, -0.1) is 11.8 Å². The smallest absolute Gasteiger partial charge is 0.255 e. The van der Waals surface area contributed by atoms with E-state index in [1.54, 1.807) is 12.1 Å². The number of nitrogens with zero attached hydrogens (tertiary/aromatic N) is 2. The lowest BCUT2D eigenvalue weighted by Gasteiger charge is -2.28. The number of aliphatic imine (C=N–C) groups is 1. The molecule has 3 N–H and O–H groups in total. The Morgan fingerprint density at radius 3 is 2.64 bits per heavy atom. The fraction of sp³-hybridized carbons (Fsp3) is 0.444. The number of aliphatic hydroxyl groups excluding tert-OH is 2. The first-order chi connectivity index (χ1) is 17.4. The number of nitrogens with one attached hydrogen (secondary N) is 1. The van der Waals surface area contributed by atoms with Crippen molar-refractivity contribution in [1.82, 2.24) is 10.2 Å². The summed E-state index contributed by atoms with van der Waals surface area (Å²) in [5, 5.41) is 25.8. The third-order valence-electron chi connectivity index (χ3n) is 7.22. The highest BCUT2D eigenvalue weighted by Crippen LogP contribution is 2.40. The van der Waals surface area contributed by atoms with Crippen molar-refractivity contribution in [1.29, 1.82) is 0 Å². The first kappa shape index (κ1) is 25.3. The maximum absolute atomic E-state index is 13.0. The van der Waals surface area contributed by atoms with Crippen LogP contribution in [0.25, 0.3) is 0 Å². The van der Waals surface area contributed by atoms with Gasteiger partial charge in [-0.2, -0.15) is 0 Å². The van der Waals surface area contributed by atoms with Gasteiger partial charge in [-0.05, 0) is 48.9 Å². The molecule has 1 aliphatic carbocycles. The highest BCUT2D eigenvalue weighted by molar-refractivity contribution is 8.15. The standard InChI is InChI=1S/C27H30ClN3O4S/c28-19-5-1-4-18(14-19)21-7-3-13-31(21)27(35)24(33)23(32)25(34)29-15-16-9-11-17(12-10-16)26-30-20-6-2-8-22(20)36-26/h1,4-5,9-12,14,20-24,32-33H,2-3,6-8,13,15H2,(H,29,34)/t20?,21?,22?,23-,24-/m1/s1. The first-order valence-electron chi connectivity index (χ1n) is 12.4. The van der Waals surface area contributed by atoms with Crippen LogP contribution in [0.5, 0.6) is 0 Å². The molecule has 190 valence electrons. The van der Waals surface area contributed by atoms with E-state index in [1.807, 2.05) is 48.2 Å². The average molecular weight is 528 g/mol. The molecular formula is C27H30ClN3O4S. The molecule has 0 spiro atoms. The van der Waals surface area contributed by atoms with E-state index in [-0.39, 0.29) is 12.6 Å². The number of rotatable bonds is 7. The Morgan fingerprint density at radius 1 is 1.08 bits per heavy atom. The predicted octanol–water partition coefficient (Wildman–Crippen LogP) is 3.46. The Kier molecular flexibility index (Phi) is 7.67. The molecule has 2 aromatic carbocycles. The molecule has 1 saturated carbocycles. The van der Waals surface area contributed by atoms with E-state index in [0.29, 0.717) is 22.9 Å². The van der Waals surface area contributed by atoms with E-state index in [2.05, 4.69) is 5.32 Å². The summed E-state index contributed by atoms with van der Waals surface area (Å²) in [6, 6.07) is 15.3. The van der Waals surface area contributed by atoms with Gasteiger partial charge in [0.2, 0.25) is 0 Å². The van der Waals surface area contributed by atoms with Crippen molar-refractivity contribution in [3.05, 3.63) is 70.2 Å². The second-order valence-electron chi connectivity index (χ2n) is 9.64. The Hall–Kier alpha value is -2.39. The van der Waals surface area contributed by atoms with Gasteiger partial charge < -0.3 is 20.4 Å². The van der Waals surface area contributed by atoms with Gasteiger partial charge in [0, 0.05) is 28.9 Å². The van der Waals surface area contributed by atoms with Gasteiger partial charge in [0.1, 0.15) is 0 Å². The van der Waals surface area contributed by atoms with E-state index in [4.69, 9.17) is 16.6 Å². The number of aliphatic hydroxyl groups is 2. The zero-order valence-electron chi connectivity index (χ0n) is 19.8. The molecule has 0 bridgehead atoms. The lowest BCUT2D eigenvalue weighted by Crippen LogP contribution is -2.50. The molecule has 5 atom stereocenters. The molecule has 0 radical (unpaired) electrons. The minimum Gasteiger partial charge on any atom is -0.380 e. The Labute approximate surface area is 219 Å². The zero-order chi connectivity index (χ0) is 25.2. The van der Waals surface area contributed by atoms with E-state index in [1.165, 1.54) is 24.2 Å². The van der Waals surface area contributed by atoms with Gasteiger partial charge in [0.15, 0.2) is 12.2 Å². The van der Waals surface area contributed by atoms with Gasteiger partial charge in [-0.1, -0.05) is 54.4 Å². The van der Waals surface area contributed by atoms with Crippen LogP contribution in [-0.2, 0) is 16.1 Å². The third-order valence-corrected chi connectivity index (χ3v) is 8.87. The highest BCUT2D eigenvalue weighted by Gasteiger charge is 2.38. The SMILES string of the molecule is O=C(NCc1ccc(C2=NC3CCCC3S2)cc1)[C@H](O)[C@@H](O)C(=O)N1CCCC1c1cccc(Cl)c1. The van der Waals surface area contributed by atoms with Crippen LogP contribution < -0.4 is 5.32 Å². The van der Waals surface area contributed by atoms with Crippen molar-refractivity contribution < 1.29 is 19.8 Å². The molecule has 5 rings (SSSR count). The van der Waals surface area contributed by atoms with Crippen molar-refractivity contribution in [2.24, 2.45) is 4.99 Å². The second-order valence-corrected chi connectivity index (χ2v) is 11.3. The van der Waals surface area contributed by atoms with Crippen molar-refractivity contribution in [2.75, 3.05) is 6.54 Å². The summed E-state index contributed by atoms with van der Waals surface area (Å²) in [6.45, 7) is 0.621. The highest BCUT2D eigenvalue weighted by atomic mass is 35.5. The maximum Gasteiger partial charge on any atom is 0.255 e. The summed E-state index contributed by atoms with van der Waals surface area (Å²) in [7, 11) is 0. The molecule has 0 aromatic heterocycles. The van der Waals surface area contributed by atoms with E-state index in [0.717, 1.165) is 34.6 Å². The summed E-state index contributed by atoms with van der Waals surface area (Å²) in [5.74, 6) is -1.45. The first-order valence-corrected chi connectivity index (χ1v) is 13.7. The van der Waals surface area contributed by atoms with E-state index in [9.17, 15) is 19.8 Å². The number of carbonyl (C=O) groups is 2. The van der Waals surface area contributed by atoms with Crippen LogP contribution in [0.3, 0.4) is 0 Å². The largest absolute Gasteiger partial charge is 0.380 e. The fourth-order valence-corrected chi connectivity index (χ4v) is 6.85. The quantitative estimate of drug-likeness (QED) is 0.512. The van der Waals surface area contributed by atoms with Crippen LogP contribution >= 0.6 is 23.4 Å². The molecule has 2 aliphatic heterocycles. The van der Waals surface area contributed by atoms with Crippen molar-refractivity contribution in [3.63, 3.8) is 0 Å². The van der Waals surface area contributed by atoms with Gasteiger partial charge in [0.05, 0.1) is 17.1 Å².